The van der Waals surface area contributed by atoms with Gasteiger partial charge in [-0.15, -0.1) is 0 Å². The van der Waals surface area contributed by atoms with Gasteiger partial charge in [-0.2, -0.15) is 0 Å². The Labute approximate surface area is 157 Å². The number of nitrogens with zero attached hydrogens (tertiary/aromatic N) is 4. The lowest BCUT2D eigenvalue weighted by Gasteiger charge is -2.33. The Balaban J connectivity index is 1.98. The molecule has 0 amide bonds. The van der Waals surface area contributed by atoms with E-state index >= 15 is 0 Å². The van der Waals surface area contributed by atoms with Gasteiger partial charge >= 0.3 is 0 Å². The van der Waals surface area contributed by atoms with Crippen LogP contribution in [-0.2, 0) is 11.3 Å². The lowest BCUT2D eigenvalue weighted by molar-refractivity contribution is 0.0268. The van der Waals surface area contributed by atoms with Gasteiger partial charge in [0.2, 0.25) is 0 Å². The van der Waals surface area contributed by atoms with E-state index in [0.717, 1.165) is 50.1 Å². The fraction of sp³-hybridized carbons (Fsp3) is 0.684. The number of likely N-dealkylation sites (N-methyl/N-ethyl adjacent to an activating group) is 1. The molecule has 0 unspecified atom stereocenters. The fourth-order valence-electron chi connectivity index (χ4n) is 2.65. The van der Waals surface area contributed by atoms with Gasteiger partial charge in [-0.1, -0.05) is 0 Å². The van der Waals surface area contributed by atoms with Gasteiger partial charge in [0.1, 0.15) is 5.82 Å². The summed E-state index contributed by atoms with van der Waals surface area (Å²) in [5.74, 6) is 1.85. The van der Waals surface area contributed by atoms with Crippen LogP contribution in [0.3, 0.4) is 0 Å². The van der Waals surface area contributed by atoms with Crippen LogP contribution < -0.4 is 15.5 Å². The maximum absolute atomic E-state index is 5.46. The first-order valence-electron chi connectivity index (χ1n) is 9.39. The summed E-state index contributed by atoms with van der Waals surface area (Å²) in [7, 11) is 3.89. The molecule has 0 radical (unpaired) electrons. The highest BCUT2D eigenvalue weighted by molar-refractivity contribution is 5.79. The van der Waals surface area contributed by atoms with Crippen molar-refractivity contribution in [1.82, 2.24) is 20.5 Å². The highest BCUT2D eigenvalue weighted by Gasteiger charge is 2.17. The minimum absolute atomic E-state index is 0.235. The molecule has 2 N–H and O–H groups in total. The number of anilines is 1. The Morgan fingerprint density at radius 1 is 1.27 bits per heavy atom. The summed E-state index contributed by atoms with van der Waals surface area (Å²) in [4.78, 5) is 13.9. The molecule has 0 spiro atoms. The van der Waals surface area contributed by atoms with Gasteiger partial charge in [-0.05, 0) is 45.5 Å². The maximum Gasteiger partial charge on any atom is 0.191 e. The molecule has 146 valence electrons. The molecule has 7 nitrogen and oxygen atoms in total. The molecule has 2 rings (SSSR count). The largest absolute Gasteiger partial charge is 0.377 e. The van der Waals surface area contributed by atoms with E-state index in [4.69, 9.17) is 9.73 Å². The van der Waals surface area contributed by atoms with Crippen LogP contribution in [0, 0.1) is 0 Å². The zero-order valence-corrected chi connectivity index (χ0v) is 16.9. The Bertz CT molecular complexity index is 581. The molecule has 26 heavy (non-hydrogen) atoms. The minimum Gasteiger partial charge on any atom is -0.377 e. The number of hydrogen-bond donors (Lipinski definition) is 2. The van der Waals surface area contributed by atoms with E-state index in [-0.39, 0.29) is 5.60 Å². The molecule has 7 heteroatoms. The van der Waals surface area contributed by atoms with Crippen molar-refractivity contribution >= 4 is 11.8 Å². The number of nitrogens with one attached hydrogen (secondary N) is 2. The second kappa shape index (κ2) is 9.73. The smallest absolute Gasteiger partial charge is 0.191 e. The van der Waals surface area contributed by atoms with Crippen LogP contribution in [0.4, 0.5) is 5.82 Å². The van der Waals surface area contributed by atoms with Crippen LogP contribution in [0.2, 0.25) is 0 Å². The average molecular weight is 363 g/mol. The van der Waals surface area contributed by atoms with E-state index in [1.807, 2.05) is 12.3 Å². The number of guanidine groups is 1. The van der Waals surface area contributed by atoms with Gasteiger partial charge in [-0.25, -0.2) is 9.98 Å². The molecule has 1 aromatic rings. The Morgan fingerprint density at radius 3 is 2.65 bits per heavy atom. The van der Waals surface area contributed by atoms with Gasteiger partial charge in [0.25, 0.3) is 0 Å². The number of aliphatic imine (C=N–C) groups is 1. The van der Waals surface area contributed by atoms with E-state index in [1.165, 1.54) is 0 Å². The number of rotatable bonds is 7. The van der Waals surface area contributed by atoms with Crippen LogP contribution in [-0.4, -0.2) is 74.9 Å². The average Bonchev–Trinajstić information content (AvgIpc) is 2.65. The summed E-state index contributed by atoms with van der Waals surface area (Å²) in [6, 6.07) is 4.18. The van der Waals surface area contributed by atoms with Crippen molar-refractivity contribution < 1.29 is 4.74 Å². The maximum atomic E-state index is 5.46. The predicted molar refractivity (Wildman–Crippen MR) is 108 cm³/mol. The molecule has 0 bridgehead atoms. The molecule has 1 aliphatic heterocycles. The van der Waals surface area contributed by atoms with Crippen LogP contribution in [0.15, 0.2) is 23.3 Å². The summed E-state index contributed by atoms with van der Waals surface area (Å²) in [6.07, 6.45) is 1.88. The monoisotopic (exact) mass is 362 g/mol. The van der Waals surface area contributed by atoms with Gasteiger partial charge in [0.05, 0.1) is 12.1 Å². The number of ether oxygens (including phenoxy) is 1. The zero-order chi connectivity index (χ0) is 19.0. The van der Waals surface area contributed by atoms with Gasteiger partial charge < -0.3 is 25.2 Å². The molecular formula is C19H34N6O. The highest BCUT2D eigenvalue weighted by atomic mass is 16.5. The first-order chi connectivity index (χ1) is 12.4. The quantitative estimate of drug-likeness (QED) is 0.563. The number of hydrogen-bond acceptors (Lipinski definition) is 5. The number of pyridine rings is 1. The van der Waals surface area contributed by atoms with E-state index in [1.54, 1.807) is 7.11 Å². The molecule has 0 aromatic carbocycles. The third-order valence-electron chi connectivity index (χ3n) is 4.64. The molecule has 0 aliphatic carbocycles. The molecule has 1 fully saturated rings. The molecule has 0 saturated carbocycles. The van der Waals surface area contributed by atoms with Gasteiger partial charge in [-0.3, -0.25) is 0 Å². The first kappa shape index (κ1) is 20.5. The molecule has 1 aromatic heterocycles. The Kier molecular flexibility index (Phi) is 7.66. The number of methoxy groups -OCH3 is 1. The van der Waals surface area contributed by atoms with Crippen molar-refractivity contribution in [3.05, 3.63) is 23.9 Å². The summed E-state index contributed by atoms with van der Waals surface area (Å²) in [5.41, 5.74) is 0.929. The van der Waals surface area contributed by atoms with Crippen molar-refractivity contribution in [1.29, 1.82) is 0 Å². The second-order valence-corrected chi connectivity index (χ2v) is 7.33. The highest BCUT2D eigenvalue weighted by Crippen LogP contribution is 2.15. The van der Waals surface area contributed by atoms with Crippen molar-refractivity contribution in [2.75, 3.05) is 58.3 Å². The minimum atomic E-state index is -0.235. The van der Waals surface area contributed by atoms with E-state index in [9.17, 15) is 0 Å². The lowest BCUT2D eigenvalue weighted by atomic mass is 10.1. The zero-order valence-electron chi connectivity index (χ0n) is 16.9. The van der Waals surface area contributed by atoms with Gasteiger partial charge in [0.15, 0.2) is 5.96 Å². The Morgan fingerprint density at radius 2 is 2.00 bits per heavy atom. The fourth-order valence-corrected chi connectivity index (χ4v) is 2.65. The summed E-state index contributed by atoms with van der Waals surface area (Å²) < 4.78 is 5.46. The lowest BCUT2D eigenvalue weighted by Crippen LogP contribution is -2.45. The standard InChI is InChI=1S/C19H34N6O/c1-6-20-18(23-15-19(2,3)26-5)22-14-16-7-8-21-17(13-16)25-11-9-24(4)10-12-25/h7-8,13H,6,9-12,14-15H2,1-5H3,(H2,20,22,23). The SMILES string of the molecule is CCNC(=NCc1ccnc(N2CCN(C)CC2)c1)NCC(C)(C)OC. The third-order valence-corrected chi connectivity index (χ3v) is 4.64. The van der Waals surface area contributed by atoms with Crippen LogP contribution in [0.5, 0.6) is 0 Å². The number of piperazine rings is 1. The summed E-state index contributed by atoms with van der Waals surface area (Å²) in [6.45, 7) is 12.5. The summed E-state index contributed by atoms with van der Waals surface area (Å²) >= 11 is 0. The van der Waals surface area contributed by atoms with E-state index < -0.39 is 0 Å². The van der Waals surface area contributed by atoms with Crippen LogP contribution >= 0.6 is 0 Å². The van der Waals surface area contributed by atoms with Crippen LogP contribution in [0.25, 0.3) is 0 Å². The number of aromatic nitrogens is 1. The van der Waals surface area contributed by atoms with E-state index in [2.05, 4.69) is 59.3 Å². The molecule has 0 atom stereocenters. The second-order valence-electron chi connectivity index (χ2n) is 7.33. The van der Waals surface area contributed by atoms with Crippen molar-refractivity contribution in [2.45, 2.75) is 32.9 Å². The Hall–Kier alpha value is -1.86. The normalized spacial score (nSPS) is 16.7. The molecule has 2 heterocycles. The summed E-state index contributed by atoms with van der Waals surface area (Å²) in [5, 5.41) is 6.63. The molecule has 1 aliphatic rings. The van der Waals surface area contributed by atoms with Crippen LogP contribution in [0.1, 0.15) is 26.3 Å². The third kappa shape index (κ3) is 6.46. The molecule has 1 saturated heterocycles. The predicted octanol–water partition coefficient (Wildman–Crippen LogP) is 1.31. The first-order valence-corrected chi connectivity index (χ1v) is 9.39. The van der Waals surface area contributed by atoms with Crippen molar-refractivity contribution in [3.63, 3.8) is 0 Å². The van der Waals surface area contributed by atoms with Crippen molar-refractivity contribution in [3.8, 4) is 0 Å². The van der Waals surface area contributed by atoms with E-state index in [0.29, 0.717) is 13.1 Å². The van der Waals surface area contributed by atoms with Crippen molar-refractivity contribution in [2.24, 2.45) is 4.99 Å². The topological polar surface area (TPSA) is 65.0 Å². The van der Waals surface area contributed by atoms with Gasteiger partial charge in [0, 0.05) is 52.6 Å². The molecular weight excluding hydrogens is 328 g/mol.